The van der Waals surface area contributed by atoms with E-state index in [0.717, 1.165) is 4.90 Å². The average molecular weight is 313 g/mol. The first-order valence-electron chi connectivity index (χ1n) is 7.48. The lowest BCUT2D eigenvalue weighted by Crippen LogP contribution is -2.57. The fourth-order valence-electron chi connectivity index (χ4n) is 2.30. The summed E-state index contributed by atoms with van der Waals surface area (Å²) in [7, 11) is 0. The van der Waals surface area contributed by atoms with Crippen molar-refractivity contribution in [2.45, 2.75) is 78.6 Å². The van der Waals surface area contributed by atoms with Crippen LogP contribution in [0.2, 0.25) is 0 Å². The summed E-state index contributed by atoms with van der Waals surface area (Å²) in [6.45, 7) is 13.7. The molecule has 1 saturated heterocycles. The van der Waals surface area contributed by atoms with E-state index in [2.05, 4.69) is 0 Å². The SMILES string of the molecule is C[C@H]1CC(=O)N(C(=O)OC(C)(C)C)[C@]1(C)C(=O)OC(C)(C)C. The third kappa shape index (κ3) is 3.78. The Labute approximate surface area is 132 Å². The van der Waals surface area contributed by atoms with Crippen molar-refractivity contribution in [1.82, 2.24) is 4.90 Å². The first-order valence-corrected chi connectivity index (χ1v) is 7.48. The number of amides is 2. The summed E-state index contributed by atoms with van der Waals surface area (Å²) in [6.07, 6.45) is -0.704. The van der Waals surface area contributed by atoms with Crippen molar-refractivity contribution in [3.8, 4) is 0 Å². The third-order valence-electron chi connectivity index (χ3n) is 3.54. The Balaban J connectivity index is 3.15. The number of nitrogens with zero attached hydrogens (tertiary/aromatic N) is 1. The van der Waals surface area contributed by atoms with Gasteiger partial charge in [-0.25, -0.2) is 14.5 Å². The summed E-state index contributed by atoms with van der Waals surface area (Å²) in [6, 6.07) is 0. The molecular formula is C16H27NO5. The van der Waals surface area contributed by atoms with Gasteiger partial charge >= 0.3 is 12.1 Å². The molecule has 2 amide bonds. The van der Waals surface area contributed by atoms with Crippen molar-refractivity contribution in [2.75, 3.05) is 0 Å². The minimum absolute atomic E-state index is 0.106. The number of carbonyl (C=O) groups is 3. The van der Waals surface area contributed by atoms with E-state index in [9.17, 15) is 14.4 Å². The fraction of sp³-hybridized carbons (Fsp3) is 0.812. The van der Waals surface area contributed by atoms with E-state index in [1.165, 1.54) is 0 Å². The van der Waals surface area contributed by atoms with Crippen LogP contribution in [-0.4, -0.2) is 39.6 Å². The minimum Gasteiger partial charge on any atom is -0.458 e. The molecule has 0 spiro atoms. The van der Waals surface area contributed by atoms with E-state index in [1.807, 2.05) is 0 Å². The van der Waals surface area contributed by atoms with Gasteiger partial charge in [-0.2, -0.15) is 0 Å². The molecule has 0 aromatic rings. The van der Waals surface area contributed by atoms with Crippen LogP contribution in [-0.2, 0) is 19.1 Å². The molecule has 2 atom stereocenters. The van der Waals surface area contributed by atoms with Crippen molar-refractivity contribution < 1.29 is 23.9 Å². The molecule has 0 N–H and O–H groups in total. The van der Waals surface area contributed by atoms with Gasteiger partial charge in [-0.1, -0.05) is 6.92 Å². The summed E-state index contributed by atoms with van der Waals surface area (Å²) in [5.74, 6) is -1.36. The molecule has 0 radical (unpaired) electrons. The lowest BCUT2D eigenvalue weighted by atomic mass is 9.88. The Kier molecular flexibility index (Phi) is 4.66. The Hall–Kier alpha value is -1.59. The molecule has 1 fully saturated rings. The summed E-state index contributed by atoms with van der Waals surface area (Å²) < 4.78 is 10.7. The fourth-order valence-corrected chi connectivity index (χ4v) is 2.30. The number of hydrogen-bond acceptors (Lipinski definition) is 5. The number of carbonyl (C=O) groups excluding carboxylic acids is 3. The van der Waals surface area contributed by atoms with Crippen LogP contribution in [0.5, 0.6) is 0 Å². The molecule has 1 aliphatic heterocycles. The Bertz CT molecular complexity index is 486. The third-order valence-corrected chi connectivity index (χ3v) is 3.54. The Morgan fingerprint density at radius 2 is 1.55 bits per heavy atom. The van der Waals surface area contributed by atoms with Crippen molar-refractivity contribution >= 4 is 18.0 Å². The molecule has 126 valence electrons. The van der Waals surface area contributed by atoms with Crippen LogP contribution >= 0.6 is 0 Å². The minimum atomic E-state index is -1.35. The number of ether oxygens (including phenoxy) is 2. The van der Waals surface area contributed by atoms with Gasteiger partial charge in [0.1, 0.15) is 11.2 Å². The zero-order valence-electron chi connectivity index (χ0n) is 14.8. The first kappa shape index (κ1) is 18.5. The van der Waals surface area contributed by atoms with E-state index in [-0.39, 0.29) is 12.3 Å². The highest BCUT2D eigenvalue weighted by Crippen LogP contribution is 2.38. The van der Waals surface area contributed by atoms with Crippen LogP contribution in [0.25, 0.3) is 0 Å². The van der Waals surface area contributed by atoms with E-state index < -0.39 is 34.7 Å². The lowest BCUT2D eigenvalue weighted by Gasteiger charge is -2.37. The van der Waals surface area contributed by atoms with Crippen LogP contribution in [0, 0.1) is 5.92 Å². The molecule has 0 unspecified atom stereocenters. The van der Waals surface area contributed by atoms with Crippen molar-refractivity contribution in [1.29, 1.82) is 0 Å². The maximum Gasteiger partial charge on any atom is 0.418 e. The zero-order valence-corrected chi connectivity index (χ0v) is 14.8. The smallest absolute Gasteiger partial charge is 0.418 e. The van der Waals surface area contributed by atoms with Gasteiger partial charge in [-0.05, 0) is 54.4 Å². The number of likely N-dealkylation sites (tertiary alicyclic amines) is 1. The second kappa shape index (κ2) is 5.56. The van der Waals surface area contributed by atoms with Crippen LogP contribution in [0.1, 0.15) is 61.8 Å². The molecule has 1 rings (SSSR count). The monoisotopic (exact) mass is 313 g/mol. The van der Waals surface area contributed by atoms with Crippen LogP contribution in [0.15, 0.2) is 0 Å². The maximum atomic E-state index is 12.6. The van der Waals surface area contributed by atoms with Crippen LogP contribution < -0.4 is 0 Å². The normalized spacial score (nSPS) is 26.1. The van der Waals surface area contributed by atoms with Crippen molar-refractivity contribution in [2.24, 2.45) is 5.92 Å². The molecule has 1 aliphatic rings. The van der Waals surface area contributed by atoms with E-state index in [4.69, 9.17) is 9.47 Å². The van der Waals surface area contributed by atoms with Gasteiger partial charge in [-0.15, -0.1) is 0 Å². The highest BCUT2D eigenvalue weighted by atomic mass is 16.6. The molecule has 1 heterocycles. The summed E-state index contributed by atoms with van der Waals surface area (Å²) in [4.78, 5) is 38.1. The lowest BCUT2D eigenvalue weighted by molar-refractivity contribution is -0.170. The van der Waals surface area contributed by atoms with Gasteiger partial charge in [0.15, 0.2) is 5.54 Å². The maximum absolute atomic E-state index is 12.6. The molecule has 6 heteroatoms. The number of rotatable bonds is 1. The Morgan fingerprint density at radius 3 is 1.95 bits per heavy atom. The van der Waals surface area contributed by atoms with Gasteiger partial charge in [0.2, 0.25) is 5.91 Å². The molecule has 6 nitrogen and oxygen atoms in total. The predicted octanol–water partition coefficient (Wildman–Crippen LogP) is 2.89. The van der Waals surface area contributed by atoms with Gasteiger partial charge in [0.05, 0.1) is 0 Å². The summed E-state index contributed by atoms with van der Waals surface area (Å²) >= 11 is 0. The number of imide groups is 1. The second-order valence-corrected chi connectivity index (χ2v) is 7.96. The highest BCUT2D eigenvalue weighted by molar-refractivity contribution is 6.02. The van der Waals surface area contributed by atoms with E-state index in [0.29, 0.717) is 0 Å². The second-order valence-electron chi connectivity index (χ2n) is 7.96. The van der Waals surface area contributed by atoms with E-state index in [1.54, 1.807) is 55.4 Å². The topological polar surface area (TPSA) is 72.9 Å². The van der Waals surface area contributed by atoms with Crippen molar-refractivity contribution in [3.63, 3.8) is 0 Å². The quantitative estimate of drug-likeness (QED) is 0.696. The van der Waals surface area contributed by atoms with Gasteiger partial charge in [0.25, 0.3) is 0 Å². The Morgan fingerprint density at radius 1 is 1.09 bits per heavy atom. The molecule has 22 heavy (non-hydrogen) atoms. The summed E-state index contributed by atoms with van der Waals surface area (Å²) in [5.41, 5.74) is -2.81. The van der Waals surface area contributed by atoms with Crippen LogP contribution in [0.4, 0.5) is 4.79 Å². The predicted molar refractivity (Wildman–Crippen MR) is 81.1 cm³/mol. The largest absolute Gasteiger partial charge is 0.458 e. The molecule has 0 aromatic carbocycles. The van der Waals surface area contributed by atoms with Crippen molar-refractivity contribution in [3.05, 3.63) is 0 Å². The summed E-state index contributed by atoms with van der Waals surface area (Å²) in [5, 5.41) is 0. The molecular weight excluding hydrogens is 286 g/mol. The average Bonchev–Trinajstić information content (AvgIpc) is 2.45. The molecule has 0 aliphatic carbocycles. The standard InChI is InChI=1S/C16H27NO5/c1-10-9-11(18)17(13(20)22-15(5,6)7)16(10,8)12(19)21-14(2,3)4/h10H,9H2,1-8H3/t10-,16-/m0/s1. The number of esters is 1. The molecule has 0 bridgehead atoms. The van der Waals surface area contributed by atoms with Crippen LogP contribution in [0.3, 0.4) is 0 Å². The number of hydrogen-bond donors (Lipinski definition) is 0. The zero-order chi connectivity index (χ0) is 17.5. The van der Waals surface area contributed by atoms with Gasteiger partial charge < -0.3 is 9.47 Å². The van der Waals surface area contributed by atoms with Gasteiger partial charge in [-0.3, -0.25) is 4.79 Å². The first-order chi connectivity index (χ1) is 9.68. The molecule has 0 aromatic heterocycles. The van der Waals surface area contributed by atoms with E-state index >= 15 is 0 Å². The highest BCUT2D eigenvalue weighted by Gasteiger charge is 2.58. The molecule has 0 saturated carbocycles. The van der Waals surface area contributed by atoms with Gasteiger partial charge in [0, 0.05) is 6.42 Å².